The van der Waals surface area contributed by atoms with E-state index in [-0.39, 0.29) is 12.5 Å². The quantitative estimate of drug-likeness (QED) is 0.728. The summed E-state index contributed by atoms with van der Waals surface area (Å²) in [7, 11) is 0. The van der Waals surface area contributed by atoms with Crippen molar-refractivity contribution in [2.24, 2.45) is 5.92 Å². The fourth-order valence-electron chi connectivity index (χ4n) is 1.78. The first kappa shape index (κ1) is 16.5. The molecule has 1 atom stereocenters. The minimum Gasteiger partial charge on any atom is -0.494 e. The summed E-state index contributed by atoms with van der Waals surface area (Å²) in [5, 5.41) is 11.8. The average molecular weight is 279 g/mol. The topological polar surface area (TPSA) is 58.6 Å². The summed E-state index contributed by atoms with van der Waals surface area (Å²) >= 11 is 0. The van der Waals surface area contributed by atoms with E-state index in [0.29, 0.717) is 12.5 Å². The first-order valence-electron chi connectivity index (χ1n) is 7.17. The van der Waals surface area contributed by atoms with Crippen molar-refractivity contribution < 1.29 is 14.6 Å². The molecule has 0 heterocycles. The molecule has 0 aliphatic heterocycles. The number of carboxylic acid groups (broad SMARTS) is 1. The average Bonchev–Trinajstić information content (AvgIpc) is 2.38. The Labute approximate surface area is 121 Å². The predicted octanol–water partition coefficient (Wildman–Crippen LogP) is 3.24. The van der Waals surface area contributed by atoms with Gasteiger partial charge in [-0.3, -0.25) is 4.79 Å². The van der Waals surface area contributed by atoms with E-state index in [1.54, 1.807) is 0 Å². The number of benzene rings is 1. The molecule has 1 rings (SSSR count). The Morgan fingerprint density at radius 3 is 2.45 bits per heavy atom. The number of ether oxygens (including phenoxy) is 1. The summed E-state index contributed by atoms with van der Waals surface area (Å²) in [4.78, 5) is 10.5. The lowest BCUT2D eigenvalue weighted by atomic mass is 10.1. The SMILES string of the molecule is CC(C)CCOc1ccc(C(C)NCCC(=O)O)cc1. The summed E-state index contributed by atoms with van der Waals surface area (Å²) in [5.41, 5.74) is 1.13. The number of hydrogen-bond donors (Lipinski definition) is 2. The first-order chi connectivity index (χ1) is 9.49. The lowest BCUT2D eigenvalue weighted by Crippen LogP contribution is -2.21. The number of carboxylic acids is 1. The van der Waals surface area contributed by atoms with Crippen molar-refractivity contribution in [3.63, 3.8) is 0 Å². The number of aliphatic carboxylic acids is 1. The highest BCUT2D eigenvalue weighted by Crippen LogP contribution is 2.18. The number of hydrogen-bond acceptors (Lipinski definition) is 3. The third-order valence-electron chi connectivity index (χ3n) is 3.13. The second-order valence-corrected chi connectivity index (χ2v) is 5.42. The van der Waals surface area contributed by atoms with Gasteiger partial charge >= 0.3 is 5.97 Å². The molecule has 0 aromatic heterocycles. The van der Waals surface area contributed by atoms with Gasteiger partial charge in [0.05, 0.1) is 13.0 Å². The molecule has 0 aliphatic rings. The Morgan fingerprint density at radius 2 is 1.90 bits per heavy atom. The van der Waals surface area contributed by atoms with Crippen LogP contribution in [0.5, 0.6) is 5.75 Å². The molecule has 4 heteroatoms. The smallest absolute Gasteiger partial charge is 0.304 e. The molecule has 0 fully saturated rings. The Morgan fingerprint density at radius 1 is 1.25 bits per heavy atom. The molecule has 1 aromatic rings. The van der Waals surface area contributed by atoms with Crippen LogP contribution in [0.4, 0.5) is 0 Å². The van der Waals surface area contributed by atoms with Crippen molar-refractivity contribution >= 4 is 5.97 Å². The van der Waals surface area contributed by atoms with Crippen LogP contribution < -0.4 is 10.1 Å². The van der Waals surface area contributed by atoms with Crippen LogP contribution in [0.1, 0.15) is 45.2 Å². The standard InChI is InChI=1S/C16H25NO3/c1-12(2)9-11-20-15-6-4-14(5-7-15)13(3)17-10-8-16(18)19/h4-7,12-13,17H,8-11H2,1-3H3,(H,18,19). The van der Waals surface area contributed by atoms with Gasteiger partial charge in [-0.05, 0) is 37.0 Å². The predicted molar refractivity (Wildman–Crippen MR) is 80.1 cm³/mol. The molecule has 2 N–H and O–H groups in total. The zero-order chi connectivity index (χ0) is 15.0. The van der Waals surface area contributed by atoms with E-state index in [0.717, 1.165) is 24.3 Å². The largest absolute Gasteiger partial charge is 0.494 e. The van der Waals surface area contributed by atoms with Crippen LogP contribution in [0.2, 0.25) is 0 Å². The third-order valence-corrected chi connectivity index (χ3v) is 3.13. The molecule has 112 valence electrons. The van der Waals surface area contributed by atoms with Crippen molar-refractivity contribution in [1.82, 2.24) is 5.32 Å². The molecule has 0 saturated heterocycles. The minimum atomic E-state index is -0.779. The first-order valence-corrected chi connectivity index (χ1v) is 7.17. The van der Waals surface area contributed by atoms with E-state index in [1.807, 2.05) is 31.2 Å². The molecule has 0 spiro atoms. The van der Waals surface area contributed by atoms with Gasteiger partial charge in [0.1, 0.15) is 5.75 Å². The molecule has 1 aromatic carbocycles. The fraction of sp³-hybridized carbons (Fsp3) is 0.562. The Bertz CT molecular complexity index is 401. The van der Waals surface area contributed by atoms with Crippen LogP contribution in [0, 0.1) is 5.92 Å². The zero-order valence-corrected chi connectivity index (χ0v) is 12.6. The summed E-state index contributed by atoms with van der Waals surface area (Å²) in [6, 6.07) is 8.10. The number of rotatable bonds is 9. The molecule has 1 unspecified atom stereocenters. The number of nitrogens with one attached hydrogen (secondary N) is 1. The van der Waals surface area contributed by atoms with Crippen molar-refractivity contribution in [2.45, 2.75) is 39.7 Å². The van der Waals surface area contributed by atoms with Gasteiger partial charge in [-0.25, -0.2) is 0 Å². The van der Waals surface area contributed by atoms with Gasteiger partial charge in [-0.2, -0.15) is 0 Å². The highest BCUT2D eigenvalue weighted by atomic mass is 16.5. The lowest BCUT2D eigenvalue weighted by molar-refractivity contribution is -0.136. The summed E-state index contributed by atoms with van der Waals surface area (Å²) in [6.45, 7) is 7.59. The second kappa shape index (κ2) is 8.59. The van der Waals surface area contributed by atoms with E-state index in [1.165, 1.54) is 0 Å². The van der Waals surface area contributed by atoms with Gasteiger partial charge in [0.15, 0.2) is 0 Å². The Hall–Kier alpha value is -1.55. The highest BCUT2D eigenvalue weighted by Gasteiger charge is 2.06. The van der Waals surface area contributed by atoms with Crippen molar-refractivity contribution in [1.29, 1.82) is 0 Å². The highest BCUT2D eigenvalue weighted by molar-refractivity contribution is 5.66. The molecule has 0 amide bonds. The zero-order valence-electron chi connectivity index (χ0n) is 12.6. The van der Waals surface area contributed by atoms with Crippen LogP contribution in [0.25, 0.3) is 0 Å². The summed E-state index contributed by atoms with van der Waals surface area (Å²) in [5.74, 6) is 0.749. The van der Waals surface area contributed by atoms with Gasteiger partial charge in [0.2, 0.25) is 0 Å². The minimum absolute atomic E-state index is 0.138. The molecule has 4 nitrogen and oxygen atoms in total. The van der Waals surface area contributed by atoms with E-state index >= 15 is 0 Å². The van der Waals surface area contributed by atoms with Crippen molar-refractivity contribution in [2.75, 3.05) is 13.2 Å². The second-order valence-electron chi connectivity index (χ2n) is 5.42. The molecule has 0 aliphatic carbocycles. The normalized spacial score (nSPS) is 12.4. The van der Waals surface area contributed by atoms with E-state index < -0.39 is 5.97 Å². The monoisotopic (exact) mass is 279 g/mol. The molecule has 20 heavy (non-hydrogen) atoms. The van der Waals surface area contributed by atoms with E-state index in [2.05, 4.69) is 19.2 Å². The van der Waals surface area contributed by atoms with Crippen molar-refractivity contribution in [3.05, 3.63) is 29.8 Å². The summed E-state index contributed by atoms with van der Waals surface area (Å²) in [6.07, 6.45) is 1.19. The molecular weight excluding hydrogens is 254 g/mol. The van der Waals surface area contributed by atoms with Crippen LogP contribution in [-0.4, -0.2) is 24.2 Å². The number of carbonyl (C=O) groups is 1. The Kier molecular flexibility index (Phi) is 7.09. The maximum Gasteiger partial charge on any atom is 0.304 e. The Balaban J connectivity index is 2.38. The van der Waals surface area contributed by atoms with Crippen molar-refractivity contribution in [3.8, 4) is 5.75 Å². The fourth-order valence-corrected chi connectivity index (χ4v) is 1.78. The molecule has 0 bridgehead atoms. The maximum atomic E-state index is 10.5. The van der Waals surface area contributed by atoms with Gasteiger partial charge < -0.3 is 15.2 Å². The van der Waals surface area contributed by atoms with Gasteiger partial charge in [0.25, 0.3) is 0 Å². The van der Waals surface area contributed by atoms with Gasteiger partial charge in [0, 0.05) is 12.6 Å². The van der Waals surface area contributed by atoms with Crippen LogP contribution in [-0.2, 0) is 4.79 Å². The van der Waals surface area contributed by atoms with Crippen LogP contribution in [0.3, 0.4) is 0 Å². The van der Waals surface area contributed by atoms with Crippen LogP contribution in [0.15, 0.2) is 24.3 Å². The van der Waals surface area contributed by atoms with E-state index in [9.17, 15) is 4.79 Å². The lowest BCUT2D eigenvalue weighted by Gasteiger charge is -2.14. The van der Waals surface area contributed by atoms with Crippen LogP contribution >= 0.6 is 0 Å². The molecular formula is C16H25NO3. The molecule has 0 radical (unpaired) electrons. The van der Waals surface area contributed by atoms with Gasteiger partial charge in [-0.1, -0.05) is 26.0 Å². The summed E-state index contributed by atoms with van der Waals surface area (Å²) < 4.78 is 5.67. The third kappa shape index (κ3) is 6.57. The maximum absolute atomic E-state index is 10.5. The van der Waals surface area contributed by atoms with E-state index in [4.69, 9.17) is 9.84 Å². The molecule has 0 saturated carbocycles. The van der Waals surface area contributed by atoms with Gasteiger partial charge in [-0.15, -0.1) is 0 Å².